The number of carbonyl (C=O) groups is 2. The number of aromatic nitrogens is 1. The molecule has 1 N–H and O–H groups in total. The number of aliphatic carboxylic acids is 1. The maximum Gasteiger partial charge on any atom is 0.303 e. The monoisotopic (exact) mass is 392 g/mol. The standard InChI is InChI=1S/C23H24N2O4/c26-22(14-13-21-24-16-20(29-21)19-10-5-2-6-11-19)25(15-7-12-23(27)28)17-18-8-3-1-4-9-18/h1-6,8-11,16H,7,12-15,17H2,(H,27,28). The number of amides is 1. The summed E-state index contributed by atoms with van der Waals surface area (Å²) in [5, 5.41) is 8.88. The summed E-state index contributed by atoms with van der Waals surface area (Å²) in [6.07, 6.45) is 2.79. The van der Waals surface area contributed by atoms with E-state index >= 15 is 0 Å². The normalized spacial score (nSPS) is 10.6. The largest absolute Gasteiger partial charge is 0.481 e. The first kappa shape index (κ1) is 20.3. The molecular weight excluding hydrogens is 368 g/mol. The fraction of sp³-hybridized carbons (Fsp3) is 0.261. The first-order valence-electron chi connectivity index (χ1n) is 9.65. The second kappa shape index (κ2) is 10.2. The van der Waals surface area contributed by atoms with Gasteiger partial charge in [0.1, 0.15) is 0 Å². The lowest BCUT2D eigenvalue weighted by Gasteiger charge is -2.22. The SMILES string of the molecule is O=C(O)CCCN(Cc1ccccc1)C(=O)CCc1ncc(-c2ccccc2)o1. The molecule has 1 heterocycles. The lowest BCUT2D eigenvalue weighted by atomic mass is 10.1. The number of carboxylic acids is 1. The van der Waals surface area contributed by atoms with Crippen molar-refractivity contribution in [3.63, 3.8) is 0 Å². The molecule has 0 aliphatic carbocycles. The summed E-state index contributed by atoms with van der Waals surface area (Å²) in [4.78, 5) is 29.6. The Bertz CT molecular complexity index is 922. The van der Waals surface area contributed by atoms with E-state index in [-0.39, 0.29) is 18.7 Å². The van der Waals surface area contributed by atoms with Gasteiger partial charge >= 0.3 is 5.97 Å². The Morgan fingerprint density at radius 1 is 0.966 bits per heavy atom. The molecule has 0 saturated carbocycles. The molecule has 3 aromatic rings. The fourth-order valence-corrected chi connectivity index (χ4v) is 3.05. The third-order valence-electron chi connectivity index (χ3n) is 4.55. The molecule has 0 unspecified atom stereocenters. The van der Waals surface area contributed by atoms with Crippen LogP contribution in [0.25, 0.3) is 11.3 Å². The van der Waals surface area contributed by atoms with Crippen LogP contribution in [-0.2, 0) is 22.6 Å². The van der Waals surface area contributed by atoms with E-state index in [2.05, 4.69) is 4.98 Å². The van der Waals surface area contributed by atoms with Crippen molar-refractivity contribution in [3.05, 3.63) is 78.3 Å². The molecule has 0 fully saturated rings. The smallest absolute Gasteiger partial charge is 0.303 e. The zero-order chi connectivity index (χ0) is 20.5. The van der Waals surface area contributed by atoms with Crippen LogP contribution in [-0.4, -0.2) is 33.4 Å². The average molecular weight is 392 g/mol. The predicted octanol–water partition coefficient (Wildman–Crippen LogP) is 4.17. The first-order valence-corrected chi connectivity index (χ1v) is 9.65. The van der Waals surface area contributed by atoms with E-state index in [4.69, 9.17) is 9.52 Å². The van der Waals surface area contributed by atoms with E-state index in [0.717, 1.165) is 11.1 Å². The van der Waals surface area contributed by atoms with Crippen LogP contribution in [0.15, 0.2) is 71.3 Å². The van der Waals surface area contributed by atoms with Crippen LogP contribution in [0.2, 0.25) is 0 Å². The van der Waals surface area contributed by atoms with Gasteiger partial charge in [-0.3, -0.25) is 9.59 Å². The highest BCUT2D eigenvalue weighted by Gasteiger charge is 2.16. The quantitative estimate of drug-likeness (QED) is 0.560. The van der Waals surface area contributed by atoms with Gasteiger partial charge in [-0.2, -0.15) is 0 Å². The number of benzene rings is 2. The van der Waals surface area contributed by atoms with Crippen molar-refractivity contribution in [2.24, 2.45) is 0 Å². The van der Waals surface area contributed by atoms with Gasteiger partial charge in [-0.25, -0.2) is 4.98 Å². The van der Waals surface area contributed by atoms with Gasteiger partial charge in [-0.15, -0.1) is 0 Å². The van der Waals surface area contributed by atoms with Crippen LogP contribution in [0.5, 0.6) is 0 Å². The first-order chi connectivity index (χ1) is 14.1. The van der Waals surface area contributed by atoms with E-state index in [9.17, 15) is 9.59 Å². The molecule has 1 amide bonds. The van der Waals surface area contributed by atoms with Crippen LogP contribution >= 0.6 is 0 Å². The summed E-state index contributed by atoms with van der Waals surface area (Å²) in [7, 11) is 0. The summed E-state index contributed by atoms with van der Waals surface area (Å²) >= 11 is 0. The molecule has 2 aromatic carbocycles. The van der Waals surface area contributed by atoms with Crippen LogP contribution < -0.4 is 0 Å². The number of aryl methyl sites for hydroxylation is 1. The number of nitrogens with zero attached hydrogens (tertiary/aromatic N) is 2. The lowest BCUT2D eigenvalue weighted by Crippen LogP contribution is -2.32. The molecule has 0 aliphatic heterocycles. The van der Waals surface area contributed by atoms with Gasteiger partial charge in [-0.05, 0) is 12.0 Å². The molecule has 29 heavy (non-hydrogen) atoms. The van der Waals surface area contributed by atoms with Crippen LogP contribution in [0.4, 0.5) is 0 Å². The van der Waals surface area contributed by atoms with E-state index in [0.29, 0.717) is 37.6 Å². The van der Waals surface area contributed by atoms with Crippen molar-refractivity contribution in [1.29, 1.82) is 0 Å². The Hall–Kier alpha value is -3.41. The highest BCUT2D eigenvalue weighted by Crippen LogP contribution is 2.20. The Morgan fingerprint density at radius 2 is 1.66 bits per heavy atom. The van der Waals surface area contributed by atoms with E-state index in [1.54, 1.807) is 11.1 Å². The third-order valence-corrected chi connectivity index (χ3v) is 4.55. The average Bonchev–Trinajstić information content (AvgIpc) is 3.21. The number of hydrogen-bond donors (Lipinski definition) is 1. The molecule has 0 radical (unpaired) electrons. The lowest BCUT2D eigenvalue weighted by molar-refractivity contribution is -0.138. The molecule has 0 saturated heterocycles. The molecule has 0 atom stereocenters. The van der Waals surface area contributed by atoms with Gasteiger partial charge in [0.25, 0.3) is 0 Å². The number of hydrogen-bond acceptors (Lipinski definition) is 4. The molecule has 1 aromatic heterocycles. The summed E-state index contributed by atoms with van der Waals surface area (Å²) in [5.41, 5.74) is 1.95. The molecule has 0 bridgehead atoms. The van der Waals surface area contributed by atoms with E-state index in [1.807, 2.05) is 60.7 Å². The zero-order valence-electron chi connectivity index (χ0n) is 16.2. The van der Waals surface area contributed by atoms with Crippen LogP contribution in [0.3, 0.4) is 0 Å². The van der Waals surface area contributed by atoms with E-state index < -0.39 is 5.97 Å². The van der Waals surface area contributed by atoms with Gasteiger partial charge in [0, 0.05) is 37.9 Å². The minimum absolute atomic E-state index is 0.0404. The summed E-state index contributed by atoms with van der Waals surface area (Å²) in [6, 6.07) is 19.4. The van der Waals surface area contributed by atoms with Gasteiger partial charge in [0.2, 0.25) is 5.91 Å². The van der Waals surface area contributed by atoms with Gasteiger partial charge in [-0.1, -0.05) is 60.7 Å². The van der Waals surface area contributed by atoms with E-state index in [1.165, 1.54) is 0 Å². The topological polar surface area (TPSA) is 83.6 Å². The van der Waals surface area contributed by atoms with Crippen molar-refractivity contribution >= 4 is 11.9 Å². The summed E-state index contributed by atoms with van der Waals surface area (Å²) in [6.45, 7) is 0.862. The third kappa shape index (κ3) is 6.31. The maximum absolute atomic E-state index is 12.8. The molecule has 6 heteroatoms. The highest BCUT2D eigenvalue weighted by atomic mass is 16.4. The maximum atomic E-state index is 12.8. The van der Waals surface area contributed by atoms with Gasteiger partial charge in [0.15, 0.2) is 11.7 Å². The van der Waals surface area contributed by atoms with Crippen molar-refractivity contribution in [2.75, 3.05) is 6.54 Å². The van der Waals surface area contributed by atoms with Crippen LogP contribution in [0, 0.1) is 0 Å². The minimum Gasteiger partial charge on any atom is -0.481 e. The summed E-state index contributed by atoms with van der Waals surface area (Å²) in [5.74, 6) is 0.294. The molecule has 0 spiro atoms. The van der Waals surface area contributed by atoms with Crippen LogP contribution in [0.1, 0.15) is 30.7 Å². The summed E-state index contributed by atoms with van der Waals surface area (Å²) < 4.78 is 5.77. The van der Waals surface area contributed by atoms with Crippen molar-refractivity contribution in [3.8, 4) is 11.3 Å². The molecule has 0 aliphatic rings. The second-order valence-corrected chi connectivity index (χ2v) is 6.78. The van der Waals surface area contributed by atoms with Crippen molar-refractivity contribution in [1.82, 2.24) is 9.88 Å². The fourth-order valence-electron chi connectivity index (χ4n) is 3.05. The highest BCUT2D eigenvalue weighted by molar-refractivity contribution is 5.76. The molecule has 150 valence electrons. The van der Waals surface area contributed by atoms with Crippen molar-refractivity contribution < 1.29 is 19.1 Å². The Morgan fingerprint density at radius 3 is 2.34 bits per heavy atom. The molecule has 6 nitrogen and oxygen atoms in total. The molecular formula is C23H24N2O4. The number of oxazole rings is 1. The van der Waals surface area contributed by atoms with Gasteiger partial charge in [0.05, 0.1) is 6.20 Å². The number of rotatable bonds is 10. The Balaban J connectivity index is 1.60. The zero-order valence-corrected chi connectivity index (χ0v) is 16.2. The number of carbonyl (C=O) groups excluding carboxylic acids is 1. The minimum atomic E-state index is -0.856. The Kier molecular flexibility index (Phi) is 7.16. The predicted molar refractivity (Wildman–Crippen MR) is 109 cm³/mol. The number of carboxylic acid groups (broad SMARTS) is 1. The van der Waals surface area contributed by atoms with Crippen molar-refractivity contribution in [2.45, 2.75) is 32.2 Å². The second-order valence-electron chi connectivity index (χ2n) is 6.78. The molecule has 3 rings (SSSR count). The van der Waals surface area contributed by atoms with Gasteiger partial charge < -0.3 is 14.4 Å². The Labute approximate surface area is 169 Å².